The Kier molecular flexibility index (Phi) is 7.67. The number of thioether (sulfide) groups is 1. The van der Waals surface area contributed by atoms with Crippen LogP contribution in [0.2, 0.25) is 0 Å². The molecule has 35 heavy (non-hydrogen) atoms. The van der Waals surface area contributed by atoms with Gasteiger partial charge in [0.1, 0.15) is 11.0 Å². The quantitative estimate of drug-likeness (QED) is 0.225. The fourth-order valence-electron chi connectivity index (χ4n) is 3.96. The lowest BCUT2D eigenvalue weighted by molar-refractivity contribution is -0.115. The van der Waals surface area contributed by atoms with Gasteiger partial charge in [-0.3, -0.25) is 9.36 Å². The van der Waals surface area contributed by atoms with Crippen LogP contribution in [0.1, 0.15) is 21.9 Å². The summed E-state index contributed by atoms with van der Waals surface area (Å²) in [4.78, 5) is 13.6. The van der Waals surface area contributed by atoms with Crippen molar-refractivity contribution in [2.45, 2.75) is 30.8 Å². The van der Waals surface area contributed by atoms with Crippen LogP contribution in [0.3, 0.4) is 0 Å². The highest BCUT2D eigenvalue weighted by Crippen LogP contribution is 2.38. The number of nitrogens with zero attached hydrogens (tertiary/aromatic N) is 3. The molecule has 6 nitrogen and oxygen atoms in total. The molecule has 0 bridgehead atoms. The van der Waals surface area contributed by atoms with Crippen LogP contribution in [0.4, 0.5) is 5.69 Å². The minimum Gasteiger partial charge on any atom is -0.496 e. The summed E-state index contributed by atoms with van der Waals surface area (Å²) in [5, 5.41) is 12.1. The molecule has 1 amide bonds. The predicted molar refractivity (Wildman–Crippen MR) is 142 cm³/mol. The normalized spacial score (nSPS) is 11.6. The molecule has 3 aromatic carbocycles. The van der Waals surface area contributed by atoms with Gasteiger partial charge in [-0.05, 0) is 54.8 Å². The Morgan fingerprint density at radius 1 is 1.06 bits per heavy atom. The molecule has 0 fully saturated rings. The number of anilines is 1. The molecular formula is C28H28N4O2S. The van der Waals surface area contributed by atoms with E-state index in [2.05, 4.69) is 28.2 Å². The monoisotopic (exact) mass is 484 g/mol. The van der Waals surface area contributed by atoms with Crippen LogP contribution >= 0.6 is 11.8 Å². The number of nitrogens with one attached hydrogen (secondary N) is 1. The van der Waals surface area contributed by atoms with Gasteiger partial charge in [0.25, 0.3) is 0 Å². The third kappa shape index (κ3) is 5.63. The number of rotatable bonds is 9. The van der Waals surface area contributed by atoms with Crippen LogP contribution in [-0.2, 0) is 11.3 Å². The molecular weight excluding hydrogens is 456 g/mol. The molecule has 0 radical (unpaired) electrons. The third-order valence-corrected chi connectivity index (χ3v) is 6.66. The molecule has 1 atom stereocenters. The second kappa shape index (κ2) is 11.1. The van der Waals surface area contributed by atoms with E-state index in [0.717, 1.165) is 27.9 Å². The molecule has 0 aliphatic heterocycles. The van der Waals surface area contributed by atoms with Crippen molar-refractivity contribution in [3.8, 4) is 17.1 Å². The van der Waals surface area contributed by atoms with Crippen molar-refractivity contribution in [2.75, 3.05) is 12.4 Å². The van der Waals surface area contributed by atoms with Crippen LogP contribution in [0.25, 0.3) is 11.4 Å². The van der Waals surface area contributed by atoms with Crippen molar-refractivity contribution in [2.24, 2.45) is 0 Å². The van der Waals surface area contributed by atoms with Crippen molar-refractivity contribution in [3.05, 3.63) is 102 Å². The average Bonchev–Trinajstić information content (AvgIpc) is 3.24. The molecule has 1 aromatic heterocycles. The number of carbonyl (C=O) groups excluding carboxylic acids is 1. The molecule has 4 rings (SSSR count). The molecule has 0 saturated heterocycles. The van der Waals surface area contributed by atoms with Gasteiger partial charge >= 0.3 is 0 Å². The number of para-hydroxylation sites is 1. The summed E-state index contributed by atoms with van der Waals surface area (Å²) in [6.45, 7) is 8.43. The number of hydrogen-bond donors (Lipinski definition) is 1. The first-order chi connectivity index (χ1) is 17.0. The number of carbonyl (C=O) groups is 1. The van der Waals surface area contributed by atoms with Crippen LogP contribution in [0, 0.1) is 13.8 Å². The van der Waals surface area contributed by atoms with Crippen LogP contribution in [0.5, 0.6) is 5.75 Å². The first kappa shape index (κ1) is 24.3. The lowest BCUT2D eigenvalue weighted by Gasteiger charge is -2.18. The second-order valence-electron chi connectivity index (χ2n) is 8.18. The molecule has 0 aliphatic rings. The number of amides is 1. The maximum atomic E-state index is 13.6. The summed E-state index contributed by atoms with van der Waals surface area (Å²) < 4.78 is 7.49. The van der Waals surface area contributed by atoms with E-state index < -0.39 is 5.25 Å². The summed E-state index contributed by atoms with van der Waals surface area (Å²) in [7, 11) is 1.63. The Morgan fingerprint density at radius 2 is 1.74 bits per heavy atom. The van der Waals surface area contributed by atoms with Crippen LogP contribution < -0.4 is 10.1 Å². The molecule has 4 aromatic rings. The number of aryl methyl sites for hydroxylation is 2. The van der Waals surface area contributed by atoms with E-state index >= 15 is 0 Å². The SMILES string of the molecule is C=CCn1c(S[C@@H](C(=O)Nc2cc(C)cc(C)c2)c2ccccc2)nnc1-c1ccccc1OC. The van der Waals surface area contributed by atoms with E-state index in [1.54, 1.807) is 13.2 Å². The maximum Gasteiger partial charge on any atom is 0.242 e. The number of benzene rings is 3. The maximum absolute atomic E-state index is 13.6. The average molecular weight is 485 g/mol. The van der Waals surface area contributed by atoms with E-state index in [0.29, 0.717) is 23.3 Å². The van der Waals surface area contributed by atoms with Gasteiger partial charge < -0.3 is 10.1 Å². The van der Waals surface area contributed by atoms with Crippen molar-refractivity contribution in [1.29, 1.82) is 0 Å². The lowest BCUT2D eigenvalue weighted by Crippen LogP contribution is -2.19. The predicted octanol–water partition coefficient (Wildman–Crippen LogP) is 6.23. The highest BCUT2D eigenvalue weighted by molar-refractivity contribution is 8.00. The second-order valence-corrected chi connectivity index (χ2v) is 9.25. The minimum absolute atomic E-state index is 0.127. The minimum atomic E-state index is -0.532. The van der Waals surface area contributed by atoms with Crippen molar-refractivity contribution in [1.82, 2.24) is 14.8 Å². The number of allylic oxidation sites excluding steroid dienone is 1. The lowest BCUT2D eigenvalue weighted by atomic mass is 10.1. The molecule has 1 heterocycles. The van der Waals surface area contributed by atoms with E-state index in [9.17, 15) is 4.79 Å². The molecule has 178 valence electrons. The Morgan fingerprint density at radius 3 is 2.43 bits per heavy atom. The van der Waals surface area contributed by atoms with Gasteiger partial charge in [-0.1, -0.05) is 66.4 Å². The first-order valence-electron chi connectivity index (χ1n) is 11.3. The molecule has 0 aliphatic carbocycles. The molecule has 0 spiro atoms. The number of hydrogen-bond acceptors (Lipinski definition) is 5. The standard InChI is InChI=1S/C28H28N4O2S/c1-5-15-32-26(23-13-9-10-14-24(23)34-4)30-31-28(32)35-25(21-11-7-6-8-12-21)27(33)29-22-17-19(2)16-20(3)18-22/h5-14,16-18,25H,1,15H2,2-4H3,(H,29,33)/t25-/m1/s1. The summed E-state index contributed by atoms with van der Waals surface area (Å²) in [6.07, 6.45) is 1.79. The highest BCUT2D eigenvalue weighted by atomic mass is 32.2. The topological polar surface area (TPSA) is 69.0 Å². The van der Waals surface area contributed by atoms with E-state index in [-0.39, 0.29) is 5.91 Å². The number of aromatic nitrogens is 3. The zero-order valence-electron chi connectivity index (χ0n) is 20.1. The molecule has 0 saturated carbocycles. The van der Waals surface area contributed by atoms with Gasteiger partial charge in [-0.15, -0.1) is 16.8 Å². The van der Waals surface area contributed by atoms with Crippen molar-refractivity contribution >= 4 is 23.4 Å². The highest BCUT2D eigenvalue weighted by Gasteiger charge is 2.26. The van der Waals surface area contributed by atoms with Gasteiger partial charge in [-0.25, -0.2) is 0 Å². The fraction of sp³-hybridized carbons (Fsp3) is 0.179. The Hall–Kier alpha value is -3.84. The van der Waals surface area contributed by atoms with Gasteiger partial charge in [0.2, 0.25) is 5.91 Å². The van der Waals surface area contributed by atoms with E-state index in [4.69, 9.17) is 4.74 Å². The van der Waals surface area contributed by atoms with Crippen molar-refractivity contribution < 1.29 is 9.53 Å². The van der Waals surface area contributed by atoms with Crippen molar-refractivity contribution in [3.63, 3.8) is 0 Å². The van der Waals surface area contributed by atoms with Crippen LogP contribution in [0.15, 0.2) is 90.6 Å². The number of methoxy groups -OCH3 is 1. The fourth-order valence-corrected chi connectivity index (χ4v) is 5.01. The van der Waals surface area contributed by atoms with Gasteiger partial charge in [0, 0.05) is 12.2 Å². The Labute approximate surface area is 210 Å². The van der Waals surface area contributed by atoms with E-state index in [1.165, 1.54) is 11.8 Å². The molecule has 7 heteroatoms. The summed E-state index contributed by atoms with van der Waals surface area (Å²) >= 11 is 1.36. The summed E-state index contributed by atoms with van der Waals surface area (Å²) in [6, 6.07) is 23.4. The zero-order valence-corrected chi connectivity index (χ0v) is 20.9. The van der Waals surface area contributed by atoms with E-state index in [1.807, 2.05) is 85.1 Å². The molecule has 1 N–H and O–H groups in total. The largest absolute Gasteiger partial charge is 0.496 e. The van der Waals surface area contributed by atoms with Crippen LogP contribution in [-0.4, -0.2) is 27.8 Å². The summed E-state index contributed by atoms with van der Waals surface area (Å²) in [5.41, 5.74) is 4.67. The molecule has 0 unspecified atom stereocenters. The Balaban J connectivity index is 1.71. The first-order valence-corrected chi connectivity index (χ1v) is 12.2. The zero-order chi connectivity index (χ0) is 24.8. The Bertz CT molecular complexity index is 1310. The number of ether oxygens (including phenoxy) is 1. The summed E-state index contributed by atoms with van der Waals surface area (Å²) in [5.74, 6) is 1.23. The third-order valence-electron chi connectivity index (χ3n) is 5.43. The van der Waals surface area contributed by atoms with Gasteiger partial charge in [-0.2, -0.15) is 0 Å². The van der Waals surface area contributed by atoms with Gasteiger partial charge in [0.15, 0.2) is 11.0 Å². The van der Waals surface area contributed by atoms with Gasteiger partial charge in [0.05, 0.1) is 12.7 Å². The smallest absolute Gasteiger partial charge is 0.242 e.